The van der Waals surface area contributed by atoms with E-state index in [-0.39, 0.29) is 24.4 Å². The summed E-state index contributed by atoms with van der Waals surface area (Å²) < 4.78 is 0. The molecule has 2 saturated heterocycles. The second-order valence-corrected chi connectivity index (χ2v) is 6.58. The minimum Gasteiger partial charge on any atom is -0.341 e. The summed E-state index contributed by atoms with van der Waals surface area (Å²) in [6, 6.07) is 7.12. The van der Waals surface area contributed by atoms with E-state index in [1.54, 1.807) is 11.0 Å². The number of carbonyl (C=O) groups excluding carboxylic acids is 2. The zero-order valence-electron chi connectivity index (χ0n) is 13.4. The summed E-state index contributed by atoms with van der Waals surface area (Å²) in [5, 5.41) is 0.579. The van der Waals surface area contributed by atoms with E-state index in [1.807, 2.05) is 34.9 Å². The normalized spacial score (nSPS) is 20.9. The molecule has 2 heterocycles. The molecule has 0 spiro atoms. The number of piperazine rings is 1. The van der Waals surface area contributed by atoms with Gasteiger partial charge in [-0.2, -0.15) is 0 Å². The fraction of sp³-hybridized carbons (Fsp3) is 0.529. The van der Waals surface area contributed by atoms with Crippen LogP contribution in [0.2, 0.25) is 5.02 Å². The zero-order chi connectivity index (χ0) is 16.4. The molecule has 0 aromatic heterocycles. The number of likely N-dealkylation sites (tertiary alicyclic amines) is 1. The molecular weight excluding hydrogens is 314 g/mol. The maximum atomic E-state index is 12.5. The van der Waals surface area contributed by atoms with Crippen LogP contribution < -0.4 is 4.90 Å². The van der Waals surface area contributed by atoms with Crippen LogP contribution in [0, 0.1) is 0 Å². The summed E-state index contributed by atoms with van der Waals surface area (Å²) in [6.07, 6.45) is 2.16. The topological polar surface area (TPSA) is 43.9 Å². The lowest BCUT2D eigenvalue weighted by atomic mass is 10.2. The van der Waals surface area contributed by atoms with Gasteiger partial charge >= 0.3 is 0 Å². The predicted octanol–water partition coefficient (Wildman–Crippen LogP) is 2.00. The third kappa shape index (κ3) is 3.35. The molecule has 23 heavy (non-hydrogen) atoms. The molecule has 0 radical (unpaired) electrons. The Morgan fingerprint density at radius 1 is 1.13 bits per heavy atom. The minimum absolute atomic E-state index is 0.00887. The Morgan fingerprint density at radius 2 is 1.83 bits per heavy atom. The Morgan fingerprint density at radius 3 is 2.48 bits per heavy atom. The van der Waals surface area contributed by atoms with E-state index in [0.717, 1.165) is 31.6 Å². The minimum atomic E-state index is -0.245. The zero-order valence-corrected chi connectivity index (χ0v) is 14.1. The van der Waals surface area contributed by atoms with Crippen molar-refractivity contribution in [3.8, 4) is 0 Å². The number of benzene rings is 1. The van der Waals surface area contributed by atoms with Crippen molar-refractivity contribution >= 4 is 29.1 Å². The van der Waals surface area contributed by atoms with Gasteiger partial charge in [0.05, 0.1) is 23.3 Å². The number of rotatable bonds is 3. The highest BCUT2D eigenvalue weighted by atomic mass is 35.5. The Labute approximate surface area is 141 Å². The van der Waals surface area contributed by atoms with Crippen molar-refractivity contribution in [1.82, 2.24) is 9.80 Å². The monoisotopic (exact) mass is 335 g/mol. The molecule has 124 valence electrons. The highest BCUT2D eigenvalue weighted by molar-refractivity contribution is 6.33. The largest absolute Gasteiger partial charge is 0.341 e. The van der Waals surface area contributed by atoms with Gasteiger partial charge in [0.1, 0.15) is 0 Å². The van der Waals surface area contributed by atoms with Crippen LogP contribution >= 0.6 is 11.6 Å². The van der Waals surface area contributed by atoms with Crippen LogP contribution in [0.5, 0.6) is 0 Å². The summed E-state index contributed by atoms with van der Waals surface area (Å²) in [5.74, 6) is 0.131. The first kappa shape index (κ1) is 16.3. The number of nitrogens with zero attached hydrogens (tertiary/aromatic N) is 3. The molecule has 1 aromatic carbocycles. The SMILES string of the molecule is C[C@H](C(=O)N1CCCC1)N1CCN(c2ccccc2Cl)C(=O)C1. The molecule has 3 rings (SSSR count). The summed E-state index contributed by atoms with van der Waals surface area (Å²) in [6.45, 7) is 5.08. The van der Waals surface area contributed by atoms with Gasteiger partial charge in [0.15, 0.2) is 0 Å². The maximum absolute atomic E-state index is 12.5. The lowest BCUT2D eigenvalue weighted by Gasteiger charge is -2.38. The molecular formula is C17H22ClN3O2. The summed E-state index contributed by atoms with van der Waals surface area (Å²) >= 11 is 6.19. The Kier molecular flexibility index (Phi) is 4.87. The van der Waals surface area contributed by atoms with Crippen LogP contribution in [-0.2, 0) is 9.59 Å². The average molecular weight is 336 g/mol. The summed E-state index contributed by atoms with van der Waals surface area (Å²) in [5.41, 5.74) is 0.748. The van der Waals surface area contributed by atoms with Crippen molar-refractivity contribution < 1.29 is 9.59 Å². The van der Waals surface area contributed by atoms with Gasteiger partial charge in [-0.25, -0.2) is 0 Å². The number of carbonyl (C=O) groups is 2. The van der Waals surface area contributed by atoms with Crippen LogP contribution in [0.15, 0.2) is 24.3 Å². The first-order valence-corrected chi connectivity index (χ1v) is 8.53. The van der Waals surface area contributed by atoms with Gasteiger partial charge in [0.25, 0.3) is 0 Å². The highest BCUT2D eigenvalue weighted by Crippen LogP contribution is 2.27. The van der Waals surface area contributed by atoms with Gasteiger partial charge in [-0.1, -0.05) is 23.7 Å². The molecule has 0 saturated carbocycles. The van der Waals surface area contributed by atoms with Gasteiger partial charge in [0, 0.05) is 26.2 Å². The standard InChI is InChI=1S/C17H22ClN3O2/c1-13(17(23)19-8-4-5-9-19)20-10-11-21(16(22)12-20)15-7-3-2-6-14(15)18/h2-3,6-7,13H,4-5,8-12H2,1H3/t13-/m1/s1. The van der Waals surface area contributed by atoms with E-state index in [9.17, 15) is 9.59 Å². The number of hydrogen-bond donors (Lipinski definition) is 0. The van der Waals surface area contributed by atoms with Crippen molar-refractivity contribution in [2.75, 3.05) is 37.6 Å². The third-order valence-corrected chi connectivity index (χ3v) is 5.04. The van der Waals surface area contributed by atoms with Crippen molar-refractivity contribution in [3.63, 3.8) is 0 Å². The van der Waals surface area contributed by atoms with Crippen molar-refractivity contribution in [2.45, 2.75) is 25.8 Å². The average Bonchev–Trinajstić information content (AvgIpc) is 3.09. The maximum Gasteiger partial charge on any atom is 0.241 e. The summed E-state index contributed by atoms with van der Waals surface area (Å²) in [4.78, 5) is 30.6. The Hall–Kier alpha value is -1.59. The summed E-state index contributed by atoms with van der Waals surface area (Å²) in [7, 11) is 0. The third-order valence-electron chi connectivity index (χ3n) is 4.72. The number of halogens is 1. The molecule has 1 atom stereocenters. The van der Waals surface area contributed by atoms with E-state index < -0.39 is 0 Å². The van der Waals surface area contributed by atoms with E-state index >= 15 is 0 Å². The van der Waals surface area contributed by atoms with Crippen molar-refractivity contribution in [1.29, 1.82) is 0 Å². The van der Waals surface area contributed by atoms with E-state index in [4.69, 9.17) is 11.6 Å². The molecule has 2 aliphatic heterocycles. The van der Waals surface area contributed by atoms with Crippen molar-refractivity contribution in [3.05, 3.63) is 29.3 Å². The molecule has 6 heteroatoms. The molecule has 2 aliphatic rings. The Bertz CT molecular complexity index is 601. The van der Waals surface area contributed by atoms with Gasteiger partial charge in [-0.05, 0) is 31.9 Å². The van der Waals surface area contributed by atoms with E-state index in [0.29, 0.717) is 18.1 Å². The highest BCUT2D eigenvalue weighted by Gasteiger charge is 2.33. The fourth-order valence-corrected chi connectivity index (χ4v) is 3.54. The molecule has 2 amide bonds. The molecule has 0 bridgehead atoms. The van der Waals surface area contributed by atoms with Crippen molar-refractivity contribution in [2.24, 2.45) is 0 Å². The first-order valence-electron chi connectivity index (χ1n) is 8.15. The van der Waals surface area contributed by atoms with Crippen LogP contribution in [0.3, 0.4) is 0 Å². The van der Waals surface area contributed by atoms with Crippen LogP contribution in [-0.4, -0.2) is 60.4 Å². The molecule has 0 unspecified atom stereocenters. The molecule has 2 fully saturated rings. The van der Waals surface area contributed by atoms with Crippen LogP contribution in [0.4, 0.5) is 5.69 Å². The molecule has 1 aromatic rings. The van der Waals surface area contributed by atoms with Crippen LogP contribution in [0.1, 0.15) is 19.8 Å². The van der Waals surface area contributed by atoms with Gasteiger partial charge in [0.2, 0.25) is 11.8 Å². The number of hydrogen-bond acceptors (Lipinski definition) is 3. The Balaban J connectivity index is 1.65. The smallest absolute Gasteiger partial charge is 0.241 e. The van der Waals surface area contributed by atoms with E-state index in [1.165, 1.54) is 0 Å². The van der Waals surface area contributed by atoms with Crippen LogP contribution in [0.25, 0.3) is 0 Å². The van der Waals surface area contributed by atoms with Gasteiger partial charge in [-0.15, -0.1) is 0 Å². The fourth-order valence-electron chi connectivity index (χ4n) is 3.31. The first-order chi connectivity index (χ1) is 11.1. The number of amides is 2. The van der Waals surface area contributed by atoms with E-state index in [2.05, 4.69) is 0 Å². The van der Waals surface area contributed by atoms with Gasteiger partial charge < -0.3 is 9.80 Å². The number of para-hydroxylation sites is 1. The molecule has 0 aliphatic carbocycles. The molecule has 0 N–H and O–H groups in total. The molecule has 5 nitrogen and oxygen atoms in total. The van der Waals surface area contributed by atoms with Gasteiger partial charge in [-0.3, -0.25) is 14.5 Å². The predicted molar refractivity (Wildman–Crippen MR) is 90.7 cm³/mol. The lowest BCUT2D eigenvalue weighted by Crippen LogP contribution is -2.56. The lowest BCUT2D eigenvalue weighted by molar-refractivity contribution is -0.136. The number of anilines is 1. The quantitative estimate of drug-likeness (QED) is 0.848. The second-order valence-electron chi connectivity index (χ2n) is 6.18. The second kappa shape index (κ2) is 6.89.